The Labute approximate surface area is 351 Å². The van der Waals surface area contributed by atoms with Crippen LogP contribution in [0.5, 0.6) is 0 Å². The maximum atomic E-state index is 12.9. The Bertz CT molecular complexity index is 1050. The number of rotatable bonds is 42. The molecule has 0 saturated heterocycles. The van der Waals surface area contributed by atoms with E-state index in [9.17, 15) is 24.5 Å². The summed E-state index contributed by atoms with van der Waals surface area (Å²) < 4.78 is 23.5. The Hall–Kier alpha value is -1.32. The van der Waals surface area contributed by atoms with Gasteiger partial charge in [0, 0.05) is 6.42 Å². The molecular weight excluding hydrogens is 735 g/mol. The van der Waals surface area contributed by atoms with Gasteiger partial charge in [-0.3, -0.25) is 13.8 Å². The SMILES string of the molecule is C/C=C/CC/C=C/CC/C=C/CCCC(O)C(O)C(COP(=O)(O)OCC[N+](C)(C)C)NC(=O)CCCCCCCCCCCCCCCCCCCCCCC. The molecule has 4 N–H and O–H groups in total. The number of nitrogens with zero attached hydrogens (tertiary/aromatic N) is 1. The molecule has 57 heavy (non-hydrogen) atoms. The number of phosphoric acid groups is 1. The minimum Gasteiger partial charge on any atom is -0.390 e. The molecule has 0 fully saturated rings. The number of amides is 1. The van der Waals surface area contributed by atoms with E-state index in [-0.39, 0.29) is 18.9 Å². The number of carbonyl (C=O) groups excluding carboxylic acids is 1. The highest BCUT2D eigenvalue weighted by Gasteiger charge is 2.31. The summed E-state index contributed by atoms with van der Waals surface area (Å²) in [5, 5.41) is 24.6. The van der Waals surface area contributed by atoms with Gasteiger partial charge in [-0.15, -0.1) is 0 Å². The van der Waals surface area contributed by atoms with Crippen LogP contribution in [0.3, 0.4) is 0 Å². The van der Waals surface area contributed by atoms with E-state index in [1.807, 2.05) is 28.1 Å². The number of quaternary nitrogens is 1. The summed E-state index contributed by atoms with van der Waals surface area (Å²) >= 11 is 0. The van der Waals surface area contributed by atoms with Crippen LogP contribution in [0, 0.1) is 0 Å². The first kappa shape index (κ1) is 55.7. The van der Waals surface area contributed by atoms with Gasteiger partial charge in [-0.2, -0.15) is 0 Å². The number of unbranched alkanes of at least 4 members (excludes halogenated alkanes) is 23. The molecule has 0 rings (SSSR count). The number of nitrogens with one attached hydrogen (secondary N) is 1. The van der Waals surface area contributed by atoms with Crippen LogP contribution in [0.15, 0.2) is 36.5 Å². The number of aliphatic hydroxyl groups excluding tert-OH is 2. The minimum absolute atomic E-state index is 0.0132. The first-order valence-corrected chi connectivity index (χ1v) is 24.9. The number of aliphatic hydroxyl groups is 2. The third-order valence-electron chi connectivity index (χ3n) is 10.5. The van der Waals surface area contributed by atoms with E-state index >= 15 is 0 Å². The Balaban J connectivity index is 4.40. The van der Waals surface area contributed by atoms with Gasteiger partial charge in [0.25, 0.3) is 0 Å². The quantitative estimate of drug-likeness (QED) is 0.0209. The first-order valence-electron chi connectivity index (χ1n) is 23.4. The zero-order valence-electron chi connectivity index (χ0n) is 37.7. The van der Waals surface area contributed by atoms with Gasteiger partial charge < -0.3 is 24.9 Å². The number of likely N-dealkylation sites (N-methyl/N-ethyl adjacent to an activating group) is 1. The summed E-state index contributed by atoms with van der Waals surface area (Å²) in [7, 11) is 1.41. The normalized spacial score (nSPS) is 15.2. The van der Waals surface area contributed by atoms with E-state index in [2.05, 4.69) is 48.7 Å². The molecule has 0 aromatic carbocycles. The van der Waals surface area contributed by atoms with Crippen molar-refractivity contribution in [2.24, 2.45) is 0 Å². The molecule has 0 bridgehead atoms. The van der Waals surface area contributed by atoms with Gasteiger partial charge in [0.2, 0.25) is 5.91 Å². The molecule has 0 radical (unpaired) electrons. The van der Waals surface area contributed by atoms with Crippen LogP contribution >= 0.6 is 7.82 Å². The number of hydrogen-bond donors (Lipinski definition) is 4. The van der Waals surface area contributed by atoms with Crippen molar-refractivity contribution in [2.75, 3.05) is 40.9 Å². The summed E-state index contributed by atoms with van der Waals surface area (Å²) in [6.45, 7) is 4.37. The van der Waals surface area contributed by atoms with Crippen LogP contribution in [0.4, 0.5) is 0 Å². The lowest BCUT2D eigenvalue weighted by atomic mass is 10.0. The van der Waals surface area contributed by atoms with E-state index in [4.69, 9.17) is 9.05 Å². The molecule has 0 spiro atoms. The highest BCUT2D eigenvalue weighted by Crippen LogP contribution is 2.43. The lowest BCUT2D eigenvalue weighted by Crippen LogP contribution is -2.51. The van der Waals surface area contributed by atoms with Gasteiger partial charge >= 0.3 is 7.82 Å². The highest BCUT2D eigenvalue weighted by molar-refractivity contribution is 7.47. The van der Waals surface area contributed by atoms with Crippen molar-refractivity contribution in [1.29, 1.82) is 0 Å². The van der Waals surface area contributed by atoms with Crippen LogP contribution in [0.25, 0.3) is 0 Å². The monoisotopic (exact) mass is 828 g/mol. The molecule has 1 amide bonds. The summed E-state index contributed by atoms with van der Waals surface area (Å²) in [6, 6.07) is -1.06. The molecule has 4 unspecified atom stereocenters. The zero-order valence-corrected chi connectivity index (χ0v) is 38.6. The summed E-state index contributed by atoms with van der Waals surface area (Å²) in [5.41, 5.74) is 0. The smallest absolute Gasteiger partial charge is 0.390 e. The Kier molecular flexibility index (Phi) is 38.0. The van der Waals surface area contributed by atoms with E-state index in [1.54, 1.807) is 0 Å². The minimum atomic E-state index is -4.43. The van der Waals surface area contributed by atoms with E-state index < -0.39 is 32.7 Å². The fraction of sp³-hybridized carbons (Fsp3) is 0.851. The number of phosphoric ester groups is 1. The zero-order chi connectivity index (χ0) is 42.3. The van der Waals surface area contributed by atoms with Crippen molar-refractivity contribution >= 4 is 13.7 Å². The van der Waals surface area contributed by atoms with Crippen molar-refractivity contribution in [2.45, 2.75) is 218 Å². The van der Waals surface area contributed by atoms with Crippen LogP contribution in [-0.4, -0.2) is 84.6 Å². The summed E-state index contributed by atoms with van der Waals surface area (Å²) in [5.74, 6) is -0.273. The Morgan fingerprint density at radius 2 is 1.05 bits per heavy atom. The van der Waals surface area contributed by atoms with Gasteiger partial charge in [0.15, 0.2) is 0 Å². The average molecular weight is 828 g/mol. The largest absolute Gasteiger partial charge is 0.472 e. The molecule has 9 nitrogen and oxygen atoms in total. The van der Waals surface area contributed by atoms with Gasteiger partial charge in [-0.25, -0.2) is 4.57 Å². The molecule has 0 heterocycles. The third kappa shape index (κ3) is 39.9. The van der Waals surface area contributed by atoms with Crippen molar-refractivity contribution in [3.05, 3.63) is 36.5 Å². The van der Waals surface area contributed by atoms with E-state index in [0.29, 0.717) is 23.9 Å². The number of hydrogen-bond acceptors (Lipinski definition) is 6. The van der Waals surface area contributed by atoms with Crippen LogP contribution in [-0.2, 0) is 18.4 Å². The fourth-order valence-corrected chi connectivity index (χ4v) is 7.51. The lowest BCUT2D eigenvalue weighted by molar-refractivity contribution is -0.870. The molecule has 0 aliphatic carbocycles. The predicted molar refractivity (Wildman–Crippen MR) is 241 cm³/mol. The van der Waals surface area contributed by atoms with Crippen molar-refractivity contribution in [3.63, 3.8) is 0 Å². The number of allylic oxidation sites excluding steroid dienone is 6. The molecule has 0 saturated carbocycles. The fourth-order valence-electron chi connectivity index (χ4n) is 6.77. The number of carbonyl (C=O) groups is 1. The molecule has 0 aliphatic heterocycles. The molecular formula is C47H92N2O7P+. The lowest BCUT2D eigenvalue weighted by Gasteiger charge is -2.28. The first-order chi connectivity index (χ1) is 27.4. The highest BCUT2D eigenvalue weighted by atomic mass is 31.2. The van der Waals surface area contributed by atoms with Gasteiger partial charge in [0.05, 0.1) is 39.9 Å². The second-order valence-corrected chi connectivity index (χ2v) is 18.7. The maximum absolute atomic E-state index is 12.9. The summed E-state index contributed by atoms with van der Waals surface area (Å²) in [6.07, 6.45) is 43.7. The van der Waals surface area contributed by atoms with E-state index in [0.717, 1.165) is 51.4 Å². The second kappa shape index (κ2) is 38.9. The van der Waals surface area contributed by atoms with Crippen molar-refractivity contribution in [3.8, 4) is 0 Å². The van der Waals surface area contributed by atoms with Crippen molar-refractivity contribution in [1.82, 2.24) is 5.32 Å². The van der Waals surface area contributed by atoms with Gasteiger partial charge in [-0.05, 0) is 58.3 Å². The van der Waals surface area contributed by atoms with Crippen LogP contribution < -0.4 is 5.32 Å². The molecule has 0 aromatic rings. The Morgan fingerprint density at radius 1 is 0.632 bits per heavy atom. The third-order valence-corrected chi connectivity index (χ3v) is 11.5. The summed E-state index contributed by atoms with van der Waals surface area (Å²) in [4.78, 5) is 23.2. The topological polar surface area (TPSA) is 125 Å². The maximum Gasteiger partial charge on any atom is 0.472 e. The molecule has 0 aromatic heterocycles. The second-order valence-electron chi connectivity index (χ2n) is 17.3. The predicted octanol–water partition coefficient (Wildman–Crippen LogP) is 12.1. The van der Waals surface area contributed by atoms with Crippen LogP contribution in [0.1, 0.15) is 200 Å². The van der Waals surface area contributed by atoms with Crippen LogP contribution in [0.2, 0.25) is 0 Å². The van der Waals surface area contributed by atoms with Gasteiger partial charge in [0.1, 0.15) is 19.3 Å². The standard InChI is InChI=1S/C47H91N2O7P/c1-6-8-10-12-14-16-18-20-21-22-23-24-25-26-27-28-30-32-34-36-38-40-46(51)48-44(43-56-57(53,54)55-42-41-49(3,4)5)47(52)45(50)39-37-35-33-31-29-19-17-15-13-11-9-7-2/h7,9,15,17,31,33,44-45,47,50,52H,6,8,10-14,16,18-30,32,34-43H2,1-5H3,(H-,48,51,53,54)/p+1/b9-7+,17-15+,33-31+. The average Bonchev–Trinajstić information content (AvgIpc) is 3.16. The molecule has 4 atom stereocenters. The molecule has 0 aliphatic rings. The molecule has 336 valence electrons. The van der Waals surface area contributed by atoms with Gasteiger partial charge in [-0.1, -0.05) is 172 Å². The Morgan fingerprint density at radius 3 is 1.49 bits per heavy atom. The van der Waals surface area contributed by atoms with E-state index in [1.165, 1.54) is 116 Å². The molecule has 10 heteroatoms. The van der Waals surface area contributed by atoms with Crippen molar-refractivity contribution < 1.29 is 38.0 Å².